The van der Waals surface area contributed by atoms with E-state index in [4.69, 9.17) is 0 Å². The summed E-state index contributed by atoms with van der Waals surface area (Å²) in [5.74, 6) is 0. The molecule has 1 heterocycles. The van der Waals surface area contributed by atoms with Gasteiger partial charge in [-0.2, -0.15) is 0 Å². The molecule has 3 rings (SSSR count). The number of hydrogen-bond acceptors (Lipinski definition) is 2. The maximum Gasteiger partial charge on any atom is 0.253 e. The van der Waals surface area contributed by atoms with Crippen molar-refractivity contribution >= 4 is 16.6 Å². The smallest absolute Gasteiger partial charge is 0.253 e. The fourth-order valence-corrected chi connectivity index (χ4v) is 2.70. The Bertz CT molecular complexity index is 938. The van der Waals surface area contributed by atoms with E-state index in [1.54, 1.807) is 0 Å². The zero-order chi connectivity index (χ0) is 16.6. The number of nitrogens with one attached hydrogen (secondary N) is 2. The minimum atomic E-state index is -0.0305. The molecule has 23 heavy (non-hydrogen) atoms. The van der Waals surface area contributed by atoms with Gasteiger partial charge in [0.1, 0.15) is 0 Å². The molecule has 0 amide bonds. The number of fused-ring (bicyclic) bond motifs is 1. The lowest BCUT2D eigenvalue weighted by Crippen LogP contribution is -2.15. The fraction of sp³-hybridized carbons (Fsp3) is 0.250. The summed E-state index contributed by atoms with van der Waals surface area (Å²) in [6.07, 6.45) is 0. The van der Waals surface area contributed by atoms with Crippen LogP contribution in [0.1, 0.15) is 27.8 Å². The molecule has 2 aromatic carbocycles. The summed E-state index contributed by atoms with van der Waals surface area (Å²) >= 11 is 0. The van der Waals surface area contributed by atoms with Crippen molar-refractivity contribution in [2.75, 3.05) is 5.32 Å². The molecule has 0 aliphatic carbocycles. The number of aromatic nitrogens is 1. The number of aryl methyl sites for hydroxylation is 4. The molecule has 0 aliphatic heterocycles. The molecule has 0 spiro atoms. The van der Waals surface area contributed by atoms with E-state index in [1.807, 2.05) is 18.2 Å². The van der Waals surface area contributed by atoms with Crippen molar-refractivity contribution in [2.45, 2.75) is 34.2 Å². The molecule has 0 atom stereocenters. The summed E-state index contributed by atoms with van der Waals surface area (Å²) in [7, 11) is 0. The molecule has 0 fully saturated rings. The summed E-state index contributed by atoms with van der Waals surface area (Å²) in [4.78, 5) is 15.3. The van der Waals surface area contributed by atoms with E-state index >= 15 is 0 Å². The normalized spacial score (nSPS) is 11.0. The minimum absolute atomic E-state index is 0.0305. The first-order chi connectivity index (χ1) is 10.9. The molecule has 0 bridgehead atoms. The first kappa shape index (κ1) is 15.3. The van der Waals surface area contributed by atoms with Gasteiger partial charge in [0, 0.05) is 23.3 Å². The maximum atomic E-state index is 12.3. The Labute approximate surface area is 136 Å². The van der Waals surface area contributed by atoms with E-state index in [2.05, 4.69) is 56.2 Å². The summed E-state index contributed by atoms with van der Waals surface area (Å²) in [5, 5.41) is 4.41. The minimum Gasteiger partial charge on any atom is -0.381 e. The second-order valence-electron chi connectivity index (χ2n) is 6.30. The largest absolute Gasteiger partial charge is 0.381 e. The fourth-order valence-electron chi connectivity index (χ4n) is 2.70. The third-order valence-electron chi connectivity index (χ3n) is 4.53. The number of hydrogen-bond donors (Lipinski definition) is 2. The number of benzene rings is 2. The molecular weight excluding hydrogens is 284 g/mol. The predicted octanol–water partition coefficient (Wildman–Crippen LogP) is 4.37. The van der Waals surface area contributed by atoms with Gasteiger partial charge in [-0.1, -0.05) is 6.07 Å². The van der Waals surface area contributed by atoms with E-state index in [1.165, 1.54) is 22.3 Å². The average Bonchev–Trinajstić information content (AvgIpc) is 2.50. The van der Waals surface area contributed by atoms with Crippen LogP contribution in [-0.2, 0) is 6.54 Å². The first-order valence-electron chi connectivity index (χ1n) is 7.88. The molecule has 3 aromatic rings. The highest BCUT2D eigenvalue weighted by Crippen LogP contribution is 2.18. The van der Waals surface area contributed by atoms with Crippen LogP contribution in [0.15, 0.2) is 41.2 Å². The number of aromatic amines is 1. The summed E-state index contributed by atoms with van der Waals surface area (Å²) in [5.41, 5.74) is 7.59. The molecule has 2 N–H and O–H groups in total. The lowest BCUT2D eigenvalue weighted by atomic mass is 10.0. The Morgan fingerprint density at radius 3 is 2.30 bits per heavy atom. The van der Waals surface area contributed by atoms with Crippen LogP contribution >= 0.6 is 0 Å². The second kappa shape index (κ2) is 5.92. The molecule has 0 unspecified atom stereocenters. The Kier molecular flexibility index (Phi) is 3.95. The van der Waals surface area contributed by atoms with Gasteiger partial charge < -0.3 is 10.3 Å². The van der Waals surface area contributed by atoms with Crippen LogP contribution in [-0.4, -0.2) is 4.98 Å². The highest BCUT2D eigenvalue weighted by Gasteiger charge is 2.05. The Morgan fingerprint density at radius 1 is 0.870 bits per heavy atom. The van der Waals surface area contributed by atoms with Crippen LogP contribution in [0.5, 0.6) is 0 Å². The van der Waals surface area contributed by atoms with Crippen molar-refractivity contribution in [2.24, 2.45) is 0 Å². The van der Waals surface area contributed by atoms with Gasteiger partial charge >= 0.3 is 0 Å². The van der Waals surface area contributed by atoms with Crippen molar-refractivity contribution in [3.05, 3.63) is 74.6 Å². The number of rotatable bonds is 3. The third-order valence-corrected chi connectivity index (χ3v) is 4.53. The standard InChI is InChI=1S/C20H22N2O/c1-12-5-6-18(8-14(12)3)21-11-17-10-16-7-13(2)15(4)9-19(16)22-20(17)23/h5-10,21H,11H2,1-4H3,(H,22,23). The van der Waals surface area contributed by atoms with Crippen LogP contribution < -0.4 is 10.9 Å². The Hall–Kier alpha value is -2.55. The quantitative estimate of drug-likeness (QED) is 0.754. The summed E-state index contributed by atoms with van der Waals surface area (Å²) < 4.78 is 0. The Morgan fingerprint density at radius 2 is 1.57 bits per heavy atom. The van der Waals surface area contributed by atoms with E-state index in [9.17, 15) is 4.79 Å². The van der Waals surface area contributed by atoms with Crippen molar-refractivity contribution < 1.29 is 0 Å². The third kappa shape index (κ3) is 3.14. The molecule has 0 saturated carbocycles. The molecule has 0 saturated heterocycles. The molecule has 118 valence electrons. The number of H-pyrrole nitrogens is 1. The lowest BCUT2D eigenvalue weighted by molar-refractivity contribution is 1.09. The van der Waals surface area contributed by atoms with Crippen molar-refractivity contribution in [3.8, 4) is 0 Å². The molecule has 0 radical (unpaired) electrons. The van der Waals surface area contributed by atoms with E-state index < -0.39 is 0 Å². The summed E-state index contributed by atoms with van der Waals surface area (Å²) in [6, 6.07) is 12.4. The van der Waals surface area contributed by atoms with Gasteiger partial charge in [-0.3, -0.25) is 4.79 Å². The lowest BCUT2D eigenvalue weighted by Gasteiger charge is -2.10. The highest BCUT2D eigenvalue weighted by molar-refractivity contribution is 5.80. The first-order valence-corrected chi connectivity index (χ1v) is 7.88. The topological polar surface area (TPSA) is 44.9 Å². The zero-order valence-electron chi connectivity index (χ0n) is 14.1. The van der Waals surface area contributed by atoms with Crippen LogP contribution in [0.4, 0.5) is 5.69 Å². The van der Waals surface area contributed by atoms with Crippen molar-refractivity contribution in [1.29, 1.82) is 0 Å². The zero-order valence-corrected chi connectivity index (χ0v) is 14.1. The number of anilines is 1. The van der Waals surface area contributed by atoms with Crippen LogP contribution in [0.25, 0.3) is 10.9 Å². The average molecular weight is 306 g/mol. The van der Waals surface area contributed by atoms with E-state index in [0.29, 0.717) is 6.54 Å². The van der Waals surface area contributed by atoms with E-state index in [-0.39, 0.29) is 5.56 Å². The monoisotopic (exact) mass is 306 g/mol. The molecule has 0 aliphatic rings. The summed E-state index contributed by atoms with van der Waals surface area (Å²) in [6.45, 7) is 8.85. The van der Waals surface area contributed by atoms with Crippen LogP contribution in [0.2, 0.25) is 0 Å². The van der Waals surface area contributed by atoms with Gasteiger partial charge in [0.2, 0.25) is 0 Å². The van der Waals surface area contributed by atoms with E-state index in [0.717, 1.165) is 22.2 Å². The van der Waals surface area contributed by atoms with Crippen LogP contribution in [0, 0.1) is 27.7 Å². The molecular formula is C20H22N2O. The molecule has 3 nitrogen and oxygen atoms in total. The highest BCUT2D eigenvalue weighted by atomic mass is 16.1. The SMILES string of the molecule is Cc1ccc(NCc2cc3cc(C)c(C)cc3[nH]c2=O)cc1C. The number of pyridine rings is 1. The second-order valence-corrected chi connectivity index (χ2v) is 6.30. The van der Waals surface area contributed by atoms with Gasteiger partial charge in [0.05, 0.1) is 0 Å². The molecule has 1 aromatic heterocycles. The Balaban J connectivity index is 1.90. The van der Waals surface area contributed by atoms with Crippen molar-refractivity contribution in [3.63, 3.8) is 0 Å². The van der Waals surface area contributed by atoms with Gasteiger partial charge in [0.15, 0.2) is 0 Å². The van der Waals surface area contributed by atoms with Crippen LogP contribution in [0.3, 0.4) is 0 Å². The van der Waals surface area contributed by atoms with Gasteiger partial charge in [-0.05, 0) is 85.7 Å². The molecule has 3 heteroatoms. The van der Waals surface area contributed by atoms with Gasteiger partial charge in [-0.25, -0.2) is 0 Å². The maximum absolute atomic E-state index is 12.3. The van der Waals surface area contributed by atoms with Gasteiger partial charge in [0.25, 0.3) is 5.56 Å². The van der Waals surface area contributed by atoms with Crippen molar-refractivity contribution in [1.82, 2.24) is 4.98 Å². The van der Waals surface area contributed by atoms with Gasteiger partial charge in [-0.15, -0.1) is 0 Å². The predicted molar refractivity (Wildman–Crippen MR) is 97.3 cm³/mol.